The summed E-state index contributed by atoms with van der Waals surface area (Å²) in [6, 6.07) is 22.4. The fraction of sp³-hybridized carbons (Fsp3) is 0.389. The molecule has 0 saturated carbocycles. The van der Waals surface area contributed by atoms with Crippen LogP contribution in [0.15, 0.2) is 84.9 Å². The minimum Gasteiger partial charge on any atom is -0.459 e. The SMILES string of the molecule is Cc1ccccc1C[C@H](NC(=O)OC(C)(C)C)C(=O)NC(C(=O)N[C@@H](CC(C)C)C(=O)OCc1ccccc1)c1ccccc1. The van der Waals surface area contributed by atoms with Crippen LogP contribution in [0.2, 0.25) is 0 Å². The number of hydrogen-bond donors (Lipinski definition) is 3. The van der Waals surface area contributed by atoms with Crippen LogP contribution in [0.3, 0.4) is 0 Å². The third-order valence-corrected chi connectivity index (χ3v) is 6.91. The summed E-state index contributed by atoms with van der Waals surface area (Å²) in [7, 11) is 0. The Labute approximate surface area is 266 Å². The minimum absolute atomic E-state index is 0.0694. The van der Waals surface area contributed by atoms with Crippen LogP contribution >= 0.6 is 0 Å². The summed E-state index contributed by atoms with van der Waals surface area (Å²) in [6.45, 7) is 11.1. The zero-order valence-electron chi connectivity index (χ0n) is 27.0. The van der Waals surface area contributed by atoms with Crippen LogP contribution in [0.25, 0.3) is 0 Å². The van der Waals surface area contributed by atoms with E-state index in [1.54, 1.807) is 51.1 Å². The molecule has 240 valence electrons. The molecule has 3 atom stereocenters. The fourth-order valence-electron chi connectivity index (χ4n) is 4.68. The van der Waals surface area contributed by atoms with Gasteiger partial charge in [-0.2, -0.15) is 0 Å². The van der Waals surface area contributed by atoms with Crippen molar-refractivity contribution in [2.24, 2.45) is 5.92 Å². The van der Waals surface area contributed by atoms with Gasteiger partial charge in [0.25, 0.3) is 0 Å². The molecule has 45 heavy (non-hydrogen) atoms. The number of esters is 1. The van der Waals surface area contributed by atoms with E-state index >= 15 is 0 Å². The second kappa shape index (κ2) is 16.4. The fourth-order valence-corrected chi connectivity index (χ4v) is 4.68. The third kappa shape index (κ3) is 11.7. The van der Waals surface area contributed by atoms with Crippen LogP contribution in [-0.2, 0) is 36.9 Å². The molecule has 0 bridgehead atoms. The van der Waals surface area contributed by atoms with E-state index < -0.39 is 47.6 Å². The summed E-state index contributed by atoms with van der Waals surface area (Å²) in [6.07, 6.45) is -0.247. The number of amides is 3. The Bertz CT molecular complexity index is 1420. The highest BCUT2D eigenvalue weighted by Crippen LogP contribution is 2.18. The average Bonchev–Trinajstić information content (AvgIpc) is 2.98. The lowest BCUT2D eigenvalue weighted by Gasteiger charge is -2.27. The lowest BCUT2D eigenvalue weighted by molar-refractivity contribution is -0.150. The van der Waals surface area contributed by atoms with Crippen molar-refractivity contribution in [1.29, 1.82) is 0 Å². The van der Waals surface area contributed by atoms with Gasteiger partial charge in [0, 0.05) is 6.42 Å². The van der Waals surface area contributed by atoms with Crippen LogP contribution < -0.4 is 16.0 Å². The second-order valence-corrected chi connectivity index (χ2v) is 12.5. The smallest absolute Gasteiger partial charge is 0.408 e. The van der Waals surface area contributed by atoms with E-state index in [-0.39, 0.29) is 18.9 Å². The molecule has 9 nitrogen and oxygen atoms in total. The second-order valence-electron chi connectivity index (χ2n) is 12.5. The number of alkyl carbamates (subject to hydrolysis) is 1. The number of nitrogens with one attached hydrogen (secondary N) is 3. The Hall–Kier alpha value is -4.66. The quantitative estimate of drug-likeness (QED) is 0.216. The van der Waals surface area contributed by atoms with Gasteiger partial charge < -0.3 is 25.4 Å². The topological polar surface area (TPSA) is 123 Å². The van der Waals surface area contributed by atoms with E-state index in [0.29, 0.717) is 12.0 Å². The van der Waals surface area contributed by atoms with Gasteiger partial charge in [-0.05, 0) is 62.3 Å². The number of aryl methyl sites for hydroxylation is 1. The molecular formula is C36H45N3O6. The van der Waals surface area contributed by atoms with Crippen molar-refractivity contribution in [3.8, 4) is 0 Å². The maximum absolute atomic E-state index is 13.9. The Morgan fingerprint density at radius 3 is 1.93 bits per heavy atom. The third-order valence-electron chi connectivity index (χ3n) is 6.91. The van der Waals surface area contributed by atoms with Gasteiger partial charge in [-0.15, -0.1) is 0 Å². The number of rotatable bonds is 13. The van der Waals surface area contributed by atoms with Crippen LogP contribution in [0.4, 0.5) is 4.79 Å². The van der Waals surface area contributed by atoms with Crippen LogP contribution in [0, 0.1) is 12.8 Å². The highest BCUT2D eigenvalue weighted by Gasteiger charge is 2.32. The number of carbonyl (C=O) groups excluding carboxylic acids is 4. The van der Waals surface area contributed by atoms with Crippen molar-refractivity contribution in [2.75, 3.05) is 0 Å². The minimum atomic E-state index is -1.16. The van der Waals surface area contributed by atoms with Crippen molar-refractivity contribution in [2.45, 2.75) is 84.7 Å². The first kappa shape index (κ1) is 34.8. The van der Waals surface area contributed by atoms with E-state index in [4.69, 9.17) is 9.47 Å². The first-order chi connectivity index (χ1) is 21.3. The molecule has 0 aromatic heterocycles. The van der Waals surface area contributed by atoms with Gasteiger partial charge in [0.1, 0.15) is 30.3 Å². The molecule has 0 fully saturated rings. The zero-order chi connectivity index (χ0) is 33.0. The standard InChI is InChI=1S/C36H45N3O6/c1-24(2)21-30(34(42)44-23-26-16-9-7-10-17-26)37-33(41)31(27-18-11-8-12-19-27)39-32(40)29(38-35(43)45-36(4,5)6)22-28-20-14-13-15-25(28)3/h7-20,24,29-31H,21-23H2,1-6H3,(H,37,41)(H,38,43)(H,39,40)/t29-,30-,31?/m0/s1. The lowest BCUT2D eigenvalue weighted by Crippen LogP contribution is -2.53. The molecular weight excluding hydrogens is 570 g/mol. The van der Waals surface area contributed by atoms with Crippen molar-refractivity contribution in [3.63, 3.8) is 0 Å². The maximum atomic E-state index is 13.9. The van der Waals surface area contributed by atoms with Gasteiger partial charge in [0.15, 0.2) is 0 Å². The molecule has 3 rings (SSSR count). The maximum Gasteiger partial charge on any atom is 0.408 e. The molecule has 0 aliphatic heterocycles. The van der Waals surface area contributed by atoms with E-state index in [0.717, 1.165) is 16.7 Å². The predicted molar refractivity (Wildman–Crippen MR) is 173 cm³/mol. The molecule has 0 radical (unpaired) electrons. The zero-order valence-corrected chi connectivity index (χ0v) is 27.0. The summed E-state index contributed by atoms with van der Waals surface area (Å²) in [4.78, 5) is 53.6. The molecule has 3 aromatic rings. The van der Waals surface area contributed by atoms with E-state index in [2.05, 4.69) is 16.0 Å². The van der Waals surface area contributed by atoms with Crippen LogP contribution in [-0.4, -0.2) is 41.6 Å². The van der Waals surface area contributed by atoms with Gasteiger partial charge >= 0.3 is 12.1 Å². The number of ether oxygens (including phenoxy) is 2. The van der Waals surface area contributed by atoms with Crippen molar-refractivity contribution < 1.29 is 28.7 Å². The molecule has 0 saturated heterocycles. The van der Waals surface area contributed by atoms with Gasteiger partial charge in [-0.3, -0.25) is 9.59 Å². The monoisotopic (exact) mass is 615 g/mol. The molecule has 0 aliphatic carbocycles. The lowest BCUT2D eigenvalue weighted by atomic mass is 9.99. The van der Waals surface area contributed by atoms with Crippen molar-refractivity contribution in [1.82, 2.24) is 16.0 Å². The number of benzene rings is 3. The van der Waals surface area contributed by atoms with Gasteiger partial charge in [0.2, 0.25) is 11.8 Å². The number of carbonyl (C=O) groups is 4. The molecule has 1 unspecified atom stereocenters. The Balaban J connectivity index is 1.85. The predicted octanol–water partition coefficient (Wildman–Crippen LogP) is 5.56. The highest BCUT2D eigenvalue weighted by atomic mass is 16.6. The molecule has 3 N–H and O–H groups in total. The van der Waals surface area contributed by atoms with E-state index in [1.807, 2.05) is 75.4 Å². The average molecular weight is 616 g/mol. The molecule has 0 heterocycles. The number of hydrogen-bond acceptors (Lipinski definition) is 6. The first-order valence-electron chi connectivity index (χ1n) is 15.2. The summed E-state index contributed by atoms with van der Waals surface area (Å²) >= 11 is 0. The molecule has 3 amide bonds. The van der Waals surface area contributed by atoms with Crippen LogP contribution in [0.1, 0.15) is 69.3 Å². The van der Waals surface area contributed by atoms with Crippen LogP contribution in [0.5, 0.6) is 0 Å². The molecule has 0 aliphatic rings. The molecule has 3 aromatic carbocycles. The van der Waals surface area contributed by atoms with Gasteiger partial charge in [-0.1, -0.05) is 98.8 Å². The van der Waals surface area contributed by atoms with Crippen molar-refractivity contribution >= 4 is 23.9 Å². The largest absolute Gasteiger partial charge is 0.459 e. The Morgan fingerprint density at radius 2 is 1.33 bits per heavy atom. The Kier molecular flexibility index (Phi) is 12.7. The van der Waals surface area contributed by atoms with E-state index in [9.17, 15) is 19.2 Å². The van der Waals surface area contributed by atoms with E-state index in [1.165, 1.54) is 0 Å². The Morgan fingerprint density at radius 1 is 0.733 bits per heavy atom. The highest BCUT2D eigenvalue weighted by molar-refractivity contribution is 5.94. The summed E-state index contributed by atoms with van der Waals surface area (Å²) < 4.78 is 11.0. The normalized spacial score (nSPS) is 13.2. The summed E-state index contributed by atoms with van der Waals surface area (Å²) in [5, 5.41) is 8.32. The first-order valence-corrected chi connectivity index (χ1v) is 15.2. The summed E-state index contributed by atoms with van der Waals surface area (Å²) in [5.41, 5.74) is 2.36. The van der Waals surface area contributed by atoms with Gasteiger partial charge in [-0.25, -0.2) is 9.59 Å². The van der Waals surface area contributed by atoms with Gasteiger partial charge in [0.05, 0.1) is 0 Å². The molecule has 9 heteroatoms. The summed E-state index contributed by atoms with van der Waals surface area (Å²) in [5.74, 6) is -1.66. The van der Waals surface area contributed by atoms with Crippen molar-refractivity contribution in [3.05, 3.63) is 107 Å². The molecule has 0 spiro atoms.